The maximum atomic E-state index is 13.1. The van der Waals surface area contributed by atoms with Crippen LogP contribution in [0.4, 0.5) is 5.69 Å². The predicted octanol–water partition coefficient (Wildman–Crippen LogP) is 2.45. The number of cyclic esters (lactones) is 2. The maximum absolute atomic E-state index is 13.1. The van der Waals surface area contributed by atoms with Crippen LogP contribution in [0.3, 0.4) is 0 Å². The van der Waals surface area contributed by atoms with Gasteiger partial charge in [-0.05, 0) is 38.8 Å². The van der Waals surface area contributed by atoms with E-state index in [-0.39, 0.29) is 17.7 Å². The predicted molar refractivity (Wildman–Crippen MR) is 128 cm³/mol. The van der Waals surface area contributed by atoms with Gasteiger partial charge in [0.2, 0.25) is 6.41 Å². The minimum Gasteiger partial charge on any atom is -0.505 e. The molecule has 0 unspecified atom stereocenters. The molecule has 36 heavy (non-hydrogen) atoms. The van der Waals surface area contributed by atoms with Gasteiger partial charge in [-0.2, -0.15) is 0 Å². The van der Waals surface area contributed by atoms with E-state index >= 15 is 0 Å². The molecule has 1 aliphatic heterocycles. The first kappa shape index (κ1) is 28.6. The molecule has 0 bridgehead atoms. The molecule has 1 fully saturated rings. The van der Waals surface area contributed by atoms with Gasteiger partial charge in [-0.25, -0.2) is 4.79 Å². The summed E-state index contributed by atoms with van der Waals surface area (Å²) in [4.78, 5) is 62.1. The molecule has 1 aliphatic rings. The molecule has 5 atom stereocenters. The summed E-state index contributed by atoms with van der Waals surface area (Å²) in [7, 11) is 0. The Kier molecular flexibility index (Phi) is 10.7. The fraction of sp³-hybridized carbons (Fsp3) is 0.560. The zero-order valence-electron chi connectivity index (χ0n) is 20.9. The molecule has 0 saturated carbocycles. The molecule has 0 aromatic heterocycles. The van der Waals surface area contributed by atoms with Crippen LogP contribution < -0.4 is 10.6 Å². The molecular weight excluding hydrogens is 472 g/mol. The first-order chi connectivity index (χ1) is 17.1. The average molecular weight is 507 g/mol. The highest BCUT2D eigenvalue weighted by Crippen LogP contribution is 2.28. The zero-order chi connectivity index (χ0) is 26.8. The average Bonchev–Trinajstić information content (AvgIpc) is 2.85. The summed E-state index contributed by atoms with van der Waals surface area (Å²) in [6, 6.07) is 2.70. The molecule has 1 saturated heterocycles. The lowest BCUT2D eigenvalue weighted by atomic mass is 9.92. The van der Waals surface area contributed by atoms with Crippen LogP contribution in [-0.2, 0) is 33.4 Å². The molecule has 11 heteroatoms. The molecule has 1 heterocycles. The van der Waals surface area contributed by atoms with Crippen LogP contribution in [0.1, 0.15) is 70.2 Å². The number of hydrogen-bond donors (Lipinski definition) is 3. The van der Waals surface area contributed by atoms with Gasteiger partial charge in [0.25, 0.3) is 5.91 Å². The van der Waals surface area contributed by atoms with Crippen LogP contribution in [0.5, 0.6) is 5.75 Å². The number of benzene rings is 1. The normalized spacial score (nSPS) is 24.3. The summed E-state index contributed by atoms with van der Waals surface area (Å²) >= 11 is 0. The molecule has 198 valence electrons. The minimum absolute atomic E-state index is 0.00158. The van der Waals surface area contributed by atoms with Crippen LogP contribution in [-0.4, -0.2) is 59.7 Å². The van der Waals surface area contributed by atoms with Crippen molar-refractivity contribution in [1.29, 1.82) is 0 Å². The summed E-state index contributed by atoms with van der Waals surface area (Å²) in [5, 5.41) is 15.0. The van der Waals surface area contributed by atoms with Gasteiger partial charge >= 0.3 is 17.9 Å². The topological polar surface area (TPSA) is 157 Å². The summed E-state index contributed by atoms with van der Waals surface area (Å²) < 4.78 is 16.7. The molecule has 0 aliphatic carbocycles. The molecule has 1 aromatic carbocycles. The number of para-hydroxylation sites is 1. The Morgan fingerprint density at radius 2 is 1.78 bits per heavy atom. The highest BCUT2D eigenvalue weighted by atomic mass is 16.6. The third-order valence-corrected chi connectivity index (χ3v) is 5.86. The Morgan fingerprint density at radius 1 is 1.08 bits per heavy atom. The highest BCUT2D eigenvalue weighted by molar-refractivity contribution is 6.01. The molecule has 11 nitrogen and oxygen atoms in total. The van der Waals surface area contributed by atoms with E-state index in [1.165, 1.54) is 32.0 Å². The van der Waals surface area contributed by atoms with E-state index in [0.29, 0.717) is 25.7 Å². The van der Waals surface area contributed by atoms with E-state index in [2.05, 4.69) is 10.6 Å². The summed E-state index contributed by atoms with van der Waals surface area (Å²) in [6.07, 6.45) is -0.355. The first-order valence-corrected chi connectivity index (χ1v) is 12.1. The van der Waals surface area contributed by atoms with Gasteiger partial charge in [0.1, 0.15) is 12.2 Å². The number of carbonyl (C=O) groups excluding carboxylic acids is 5. The van der Waals surface area contributed by atoms with E-state index in [1.54, 1.807) is 0 Å². The van der Waals surface area contributed by atoms with Crippen LogP contribution in [0.2, 0.25) is 0 Å². The molecule has 2 rings (SSSR count). The number of carbonyl (C=O) groups is 5. The van der Waals surface area contributed by atoms with Crippen molar-refractivity contribution in [3.63, 3.8) is 0 Å². The molecule has 1 aromatic rings. The second-order valence-corrected chi connectivity index (χ2v) is 8.65. The fourth-order valence-electron chi connectivity index (χ4n) is 3.92. The van der Waals surface area contributed by atoms with Crippen molar-refractivity contribution in [2.75, 3.05) is 5.32 Å². The number of hydrogen-bond acceptors (Lipinski definition) is 9. The monoisotopic (exact) mass is 506 g/mol. The van der Waals surface area contributed by atoms with E-state index in [9.17, 15) is 29.1 Å². The third-order valence-electron chi connectivity index (χ3n) is 5.86. The highest BCUT2D eigenvalue weighted by Gasteiger charge is 2.43. The van der Waals surface area contributed by atoms with Gasteiger partial charge in [0.15, 0.2) is 17.9 Å². The number of phenols is 1. The van der Waals surface area contributed by atoms with Gasteiger partial charge in [-0.1, -0.05) is 32.8 Å². The number of rotatable bonds is 10. The SMILES string of the molecule is CCCC[C@@H]1C(=O)O[C@H](C)[C@H](NC(=O)c2cccc(NC=O)c2O)C(=O)O[C@H](C)[C@@H]1OC(=O)CCC. The number of amides is 2. The third kappa shape index (κ3) is 7.19. The van der Waals surface area contributed by atoms with Gasteiger partial charge in [0, 0.05) is 6.42 Å². The lowest BCUT2D eigenvalue weighted by Crippen LogP contribution is -2.50. The summed E-state index contributed by atoms with van der Waals surface area (Å²) in [5.41, 5.74) is -0.216. The molecular formula is C25H34N2O9. The lowest BCUT2D eigenvalue weighted by Gasteiger charge is -2.29. The summed E-state index contributed by atoms with van der Waals surface area (Å²) in [5.74, 6) is -4.30. The largest absolute Gasteiger partial charge is 0.505 e. The minimum atomic E-state index is -1.41. The number of unbranched alkanes of at least 4 members (excludes halogenated alkanes) is 1. The van der Waals surface area contributed by atoms with Gasteiger partial charge < -0.3 is 30.0 Å². The maximum Gasteiger partial charge on any atom is 0.332 e. The van der Waals surface area contributed by atoms with Crippen molar-refractivity contribution < 1.29 is 43.3 Å². The Balaban J connectivity index is 2.34. The van der Waals surface area contributed by atoms with Crippen molar-refractivity contribution in [2.24, 2.45) is 5.92 Å². The number of anilines is 1. The van der Waals surface area contributed by atoms with E-state index in [1.807, 2.05) is 13.8 Å². The van der Waals surface area contributed by atoms with Crippen molar-refractivity contribution >= 4 is 35.9 Å². The van der Waals surface area contributed by atoms with Crippen LogP contribution in [0, 0.1) is 5.92 Å². The second kappa shape index (κ2) is 13.5. The molecule has 3 N–H and O–H groups in total. The fourth-order valence-corrected chi connectivity index (χ4v) is 3.92. The van der Waals surface area contributed by atoms with Crippen LogP contribution in [0.25, 0.3) is 0 Å². The Bertz CT molecular complexity index is 965. The molecule has 0 spiro atoms. The molecule has 2 amide bonds. The van der Waals surface area contributed by atoms with Crippen LogP contribution >= 0.6 is 0 Å². The first-order valence-electron chi connectivity index (χ1n) is 12.1. The number of aromatic hydroxyl groups is 1. The van der Waals surface area contributed by atoms with Gasteiger partial charge in [-0.3, -0.25) is 19.2 Å². The van der Waals surface area contributed by atoms with Gasteiger partial charge in [-0.15, -0.1) is 0 Å². The van der Waals surface area contributed by atoms with Gasteiger partial charge in [0.05, 0.1) is 17.2 Å². The molecule has 0 radical (unpaired) electrons. The Hall–Kier alpha value is -3.63. The number of nitrogens with one attached hydrogen (secondary N) is 2. The quantitative estimate of drug-likeness (QED) is 0.188. The van der Waals surface area contributed by atoms with Crippen molar-refractivity contribution in [2.45, 2.75) is 84.2 Å². The number of ether oxygens (including phenoxy) is 3. The zero-order valence-corrected chi connectivity index (χ0v) is 20.9. The Labute approximate surface area is 209 Å². The standard InChI is InChI=1S/C25H34N2O9/c1-5-7-10-17-22(36-19(29)9-6-2)15(4)35-25(33)20(14(3)34-24(17)32)27-23(31)16-11-8-12-18(21(16)30)26-13-28/h8,11-15,17,20,22,30H,5-7,9-10H2,1-4H3,(H,26,28)(H,27,31)/t14-,15-,17+,20+,22+/m1/s1. The lowest BCUT2D eigenvalue weighted by molar-refractivity contribution is -0.175. The van der Waals surface area contributed by atoms with E-state index in [4.69, 9.17) is 14.2 Å². The summed E-state index contributed by atoms with van der Waals surface area (Å²) in [6.45, 7) is 6.71. The van der Waals surface area contributed by atoms with Crippen LogP contribution in [0.15, 0.2) is 18.2 Å². The smallest absolute Gasteiger partial charge is 0.332 e. The Morgan fingerprint density at radius 3 is 2.42 bits per heavy atom. The van der Waals surface area contributed by atoms with E-state index < -0.39 is 59.8 Å². The van der Waals surface area contributed by atoms with Crippen molar-refractivity contribution in [3.05, 3.63) is 23.8 Å². The second-order valence-electron chi connectivity index (χ2n) is 8.65. The number of phenolic OH excluding ortho intramolecular Hbond substituents is 1. The van der Waals surface area contributed by atoms with E-state index in [0.717, 1.165) is 6.42 Å². The number of esters is 3. The van der Waals surface area contributed by atoms with Crippen molar-refractivity contribution in [3.8, 4) is 5.75 Å². The van der Waals surface area contributed by atoms with Crippen molar-refractivity contribution in [1.82, 2.24) is 5.32 Å².